The van der Waals surface area contributed by atoms with Crippen molar-refractivity contribution in [3.05, 3.63) is 5.01 Å². The minimum atomic E-state index is -4.15. The highest BCUT2D eigenvalue weighted by Gasteiger charge is 2.33. The molecule has 1 aromatic rings. The summed E-state index contributed by atoms with van der Waals surface area (Å²) >= 11 is 1.43. The van der Waals surface area contributed by atoms with E-state index >= 15 is 0 Å². The van der Waals surface area contributed by atoms with Crippen LogP contribution in [0, 0.1) is 5.92 Å². The summed E-state index contributed by atoms with van der Waals surface area (Å²) < 4.78 is 42.6. The molecular formula is C12H19F3N4OS. The van der Waals surface area contributed by atoms with Crippen LogP contribution in [0.3, 0.4) is 0 Å². The smallest absolute Gasteiger partial charge is 0.377 e. The van der Waals surface area contributed by atoms with Crippen LogP contribution in [0.2, 0.25) is 0 Å². The third-order valence-corrected chi connectivity index (χ3v) is 4.14. The van der Waals surface area contributed by atoms with Gasteiger partial charge in [0, 0.05) is 33.3 Å². The van der Waals surface area contributed by atoms with Crippen LogP contribution < -0.4 is 4.90 Å². The van der Waals surface area contributed by atoms with Crippen molar-refractivity contribution in [2.75, 3.05) is 44.7 Å². The highest BCUT2D eigenvalue weighted by molar-refractivity contribution is 7.15. The molecule has 0 saturated carbocycles. The third kappa shape index (κ3) is 5.08. The molecular weight excluding hydrogens is 305 g/mol. The van der Waals surface area contributed by atoms with E-state index in [9.17, 15) is 13.2 Å². The fourth-order valence-corrected chi connectivity index (χ4v) is 3.29. The molecule has 2 rings (SSSR count). The summed E-state index contributed by atoms with van der Waals surface area (Å²) in [4.78, 5) is 3.47. The minimum absolute atomic E-state index is 0.143. The summed E-state index contributed by atoms with van der Waals surface area (Å²) in [5, 5.41) is 9.66. The topological polar surface area (TPSA) is 41.5 Å². The average Bonchev–Trinajstić information content (AvgIpc) is 2.73. The highest BCUT2D eigenvalue weighted by Crippen LogP contribution is 2.24. The Balaban J connectivity index is 1.99. The van der Waals surface area contributed by atoms with E-state index in [1.54, 1.807) is 7.11 Å². The van der Waals surface area contributed by atoms with Crippen molar-refractivity contribution in [1.29, 1.82) is 0 Å². The van der Waals surface area contributed by atoms with Gasteiger partial charge in [0.1, 0.15) is 11.6 Å². The maximum atomic E-state index is 12.5. The monoisotopic (exact) mass is 324 g/mol. The molecule has 21 heavy (non-hydrogen) atoms. The second kappa shape index (κ2) is 6.89. The summed E-state index contributed by atoms with van der Waals surface area (Å²) in [7, 11) is 1.59. The van der Waals surface area contributed by atoms with Crippen LogP contribution in [0.5, 0.6) is 0 Å². The molecule has 1 saturated heterocycles. The SMILES string of the molecule is COCc1nnc(N2CCN(CC(F)(F)F)CC(C)C2)s1. The summed E-state index contributed by atoms with van der Waals surface area (Å²) in [6, 6.07) is 0. The number of anilines is 1. The molecule has 0 amide bonds. The molecule has 1 unspecified atom stereocenters. The lowest BCUT2D eigenvalue weighted by molar-refractivity contribution is -0.146. The highest BCUT2D eigenvalue weighted by atomic mass is 32.1. The number of hydrogen-bond donors (Lipinski definition) is 0. The molecule has 0 radical (unpaired) electrons. The molecule has 0 aromatic carbocycles. The largest absolute Gasteiger partial charge is 0.401 e. The maximum Gasteiger partial charge on any atom is 0.401 e. The lowest BCUT2D eigenvalue weighted by Crippen LogP contribution is -2.37. The van der Waals surface area contributed by atoms with Gasteiger partial charge in [-0.3, -0.25) is 4.90 Å². The van der Waals surface area contributed by atoms with E-state index in [0.717, 1.165) is 10.1 Å². The Labute approximate surface area is 125 Å². The Hall–Kier alpha value is -0.930. The Morgan fingerprint density at radius 2 is 2.05 bits per heavy atom. The molecule has 1 atom stereocenters. The number of alkyl halides is 3. The maximum absolute atomic E-state index is 12.5. The van der Waals surface area contributed by atoms with Crippen molar-refractivity contribution in [2.24, 2.45) is 5.92 Å². The summed E-state index contributed by atoms with van der Waals surface area (Å²) in [6.45, 7) is 3.55. The fraction of sp³-hybridized carbons (Fsp3) is 0.833. The van der Waals surface area contributed by atoms with Gasteiger partial charge in [-0.05, 0) is 5.92 Å². The van der Waals surface area contributed by atoms with Crippen molar-refractivity contribution in [2.45, 2.75) is 19.7 Å². The van der Waals surface area contributed by atoms with Gasteiger partial charge < -0.3 is 9.64 Å². The molecule has 9 heteroatoms. The van der Waals surface area contributed by atoms with E-state index in [0.29, 0.717) is 32.8 Å². The lowest BCUT2D eigenvalue weighted by Gasteiger charge is -2.22. The molecule has 0 N–H and O–H groups in total. The van der Waals surface area contributed by atoms with Crippen molar-refractivity contribution in [3.63, 3.8) is 0 Å². The molecule has 1 aliphatic heterocycles. The molecule has 0 bridgehead atoms. The first-order chi connectivity index (χ1) is 9.87. The number of hydrogen-bond acceptors (Lipinski definition) is 6. The Bertz CT molecular complexity index is 454. The first-order valence-electron chi connectivity index (χ1n) is 6.73. The average molecular weight is 324 g/mol. The molecule has 1 fully saturated rings. The van der Waals surface area contributed by atoms with Crippen molar-refractivity contribution >= 4 is 16.5 Å². The number of halogens is 3. The zero-order valence-corrected chi connectivity index (χ0v) is 12.9. The summed E-state index contributed by atoms with van der Waals surface area (Å²) in [5.74, 6) is 0.143. The van der Waals surface area contributed by atoms with Crippen molar-refractivity contribution in [3.8, 4) is 0 Å². The van der Waals surface area contributed by atoms with E-state index in [1.807, 2.05) is 11.8 Å². The lowest BCUT2D eigenvalue weighted by atomic mass is 10.1. The summed E-state index contributed by atoms with van der Waals surface area (Å²) in [5.41, 5.74) is 0. The first-order valence-corrected chi connectivity index (χ1v) is 7.54. The standard InChI is InChI=1S/C12H19F3N4OS/c1-9-5-18(8-12(13,14)15)3-4-19(6-9)11-17-16-10(21-11)7-20-2/h9H,3-8H2,1-2H3. The molecule has 1 aromatic heterocycles. The van der Waals surface area contributed by atoms with Gasteiger partial charge in [0.15, 0.2) is 0 Å². The number of aromatic nitrogens is 2. The van der Waals surface area contributed by atoms with Crippen LogP contribution >= 0.6 is 11.3 Å². The van der Waals surface area contributed by atoms with Gasteiger partial charge in [-0.2, -0.15) is 13.2 Å². The van der Waals surface area contributed by atoms with E-state index in [4.69, 9.17) is 4.74 Å². The van der Waals surface area contributed by atoms with E-state index in [2.05, 4.69) is 10.2 Å². The second-order valence-electron chi connectivity index (χ2n) is 5.31. The fourth-order valence-electron chi connectivity index (χ4n) is 2.44. The van der Waals surface area contributed by atoms with Crippen LogP contribution in [0.1, 0.15) is 11.9 Å². The van der Waals surface area contributed by atoms with Crippen LogP contribution in [-0.4, -0.2) is 61.1 Å². The molecule has 2 heterocycles. The predicted molar refractivity (Wildman–Crippen MR) is 74.5 cm³/mol. The van der Waals surface area contributed by atoms with Crippen molar-refractivity contribution in [1.82, 2.24) is 15.1 Å². The zero-order valence-electron chi connectivity index (χ0n) is 12.1. The molecule has 0 aliphatic carbocycles. The second-order valence-corrected chi connectivity index (χ2v) is 6.35. The van der Waals surface area contributed by atoms with Crippen LogP contribution in [0.4, 0.5) is 18.3 Å². The predicted octanol–water partition coefficient (Wildman–Crippen LogP) is 2.00. The minimum Gasteiger partial charge on any atom is -0.377 e. The van der Waals surface area contributed by atoms with Gasteiger partial charge >= 0.3 is 6.18 Å². The van der Waals surface area contributed by atoms with Gasteiger partial charge in [0.25, 0.3) is 0 Å². The molecule has 5 nitrogen and oxygen atoms in total. The Kier molecular flexibility index (Phi) is 5.39. The van der Waals surface area contributed by atoms with Gasteiger partial charge in [-0.1, -0.05) is 18.3 Å². The number of ether oxygens (including phenoxy) is 1. The molecule has 120 valence electrons. The number of methoxy groups -OCH3 is 1. The Morgan fingerprint density at radius 1 is 1.29 bits per heavy atom. The van der Waals surface area contributed by atoms with Crippen LogP contribution in [-0.2, 0) is 11.3 Å². The quantitative estimate of drug-likeness (QED) is 0.847. The first kappa shape index (κ1) is 16.4. The van der Waals surface area contributed by atoms with Gasteiger partial charge in [-0.25, -0.2) is 0 Å². The van der Waals surface area contributed by atoms with E-state index < -0.39 is 12.7 Å². The Morgan fingerprint density at radius 3 is 2.71 bits per heavy atom. The number of rotatable bonds is 4. The molecule has 1 aliphatic rings. The van der Waals surface area contributed by atoms with Gasteiger partial charge in [0.2, 0.25) is 5.13 Å². The van der Waals surface area contributed by atoms with Crippen LogP contribution in [0.25, 0.3) is 0 Å². The van der Waals surface area contributed by atoms with Crippen molar-refractivity contribution < 1.29 is 17.9 Å². The van der Waals surface area contributed by atoms with E-state index in [-0.39, 0.29) is 5.92 Å². The van der Waals surface area contributed by atoms with Crippen LogP contribution in [0.15, 0.2) is 0 Å². The van der Waals surface area contributed by atoms with Gasteiger partial charge in [-0.15, -0.1) is 10.2 Å². The molecule has 0 spiro atoms. The van der Waals surface area contributed by atoms with E-state index in [1.165, 1.54) is 16.2 Å². The summed E-state index contributed by atoms with van der Waals surface area (Å²) in [6.07, 6.45) is -4.15. The zero-order chi connectivity index (χ0) is 15.5. The normalized spacial score (nSPS) is 21.6. The number of nitrogens with zero attached hydrogens (tertiary/aromatic N) is 4. The van der Waals surface area contributed by atoms with Gasteiger partial charge in [0.05, 0.1) is 6.54 Å². The third-order valence-electron chi connectivity index (χ3n) is 3.19.